The Morgan fingerprint density at radius 2 is 1.68 bits per heavy atom. The lowest BCUT2D eigenvalue weighted by Crippen LogP contribution is -2.47. The van der Waals surface area contributed by atoms with Crippen molar-refractivity contribution in [3.8, 4) is 0 Å². The van der Waals surface area contributed by atoms with E-state index in [4.69, 9.17) is 4.42 Å². The van der Waals surface area contributed by atoms with Crippen LogP contribution in [0.1, 0.15) is 6.42 Å². The number of nitro benzene ring substituents is 1. The summed E-state index contributed by atoms with van der Waals surface area (Å²) in [7, 11) is 0. The third-order valence-corrected chi connectivity index (χ3v) is 5.22. The van der Waals surface area contributed by atoms with Crippen LogP contribution in [-0.2, 0) is 6.54 Å². The topological polar surface area (TPSA) is 84.8 Å². The second-order valence-corrected chi connectivity index (χ2v) is 6.92. The van der Waals surface area contributed by atoms with Crippen molar-refractivity contribution >= 4 is 22.5 Å². The van der Waals surface area contributed by atoms with Gasteiger partial charge in [0.2, 0.25) is 0 Å². The van der Waals surface area contributed by atoms with Gasteiger partial charge in [-0.1, -0.05) is 24.3 Å². The first-order valence-electron chi connectivity index (χ1n) is 9.42. The highest BCUT2D eigenvalue weighted by atomic mass is 16.6. The molecule has 2 aromatic carbocycles. The molecule has 2 heterocycles. The maximum Gasteiger partial charge on any atom is 0.419 e. The summed E-state index contributed by atoms with van der Waals surface area (Å²) >= 11 is 0. The zero-order valence-electron chi connectivity index (χ0n) is 15.5. The van der Waals surface area contributed by atoms with E-state index in [1.54, 1.807) is 22.8 Å². The van der Waals surface area contributed by atoms with Crippen LogP contribution in [0.2, 0.25) is 0 Å². The standard InChI is InChI=1S/C20H22N4O4/c25-20-23(18-8-3-4-9-19(18)28-20)11-5-10-21-12-14-22(15-13-21)16-6-1-2-7-17(16)24(26)27/h1-4,6-9H,5,10-15H2. The van der Waals surface area contributed by atoms with E-state index in [1.165, 1.54) is 0 Å². The zero-order chi connectivity index (χ0) is 19.5. The Bertz CT molecular complexity index is 1030. The van der Waals surface area contributed by atoms with Crippen LogP contribution in [0.15, 0.2) is 57.7 Å². The molecule has 28 heavy (non-hydrogen) atoms. The van der Waals surface area contributed by atoms with E-state index in [-0.39, 0.29) is 16.4 Å². The van der Waals surface area contributed by atoms with Gasteiger partial charge in [-0.15, -0.1) is 0 Å². The van der Waals surface area contributed by atoms with Crippen LogP contribution in [0.4, 0.5) is 11.4 Å². The minimum absolute atomic E-state index is 0.155. The highest BCUT2D eigenvalue weighted by Gasteiger charge is 2.23. The number of aryl methyl sites for hydroxylation is 1. The zero-order valence-corrected chi connectivity index (χ0v) is 15.5. The lowest BCUT2D eigenvalue weighted by atomic mass is 10.2. The van der Waals surface area contributed by atoms with Crippen molar-refractivity contribution in [1.82, 2.24) is 9.47 Å². The van der Waals surface area contributed by atoms with Gasteiger partial charge in [-0.25, -0.2) is 4.79 Å². The fraction of sp³-hybridized carbons (Fsp3) is 0.350. The van der Waals surface area contributed by atoms with E-state index < -0.39 is 0 Å². The first kappa shape index (κ1) is 18.2. The minimum Gasteiger partial charge on any atom is -0.408 e. The summed E-state index contributed by atoms with van der Waals surface area (Å²) in [6, 6.07) is 14.3. The summed E-state index contributed by atoms with van der Waals surface area (Å²) in [5.41, 5.74) is 2.28. The Kier molecular flexibility index (Phi) is 5.12. The lowest BCUT2D eigenvalue weighted by molar-refractivity contribution is -0.384. The molecule has 4 rings (SSSR count). The summed E-state index contributed by atoms with van der Waals surface area (Å²) in [6.45, 7) is 4.66. The molecule has 3 aromatic rings. The number of hydrogen-bond acceptors (Lipinski definition) is 6. The van der Waals surface area contributed by atoms with Crippen molar-refractivity contribution in [3.05, 3.63) is 69.2 Å². The molecule has 1 aliphatic rings. The van der Waals surface area contributed by atoms with Crippen molar-refractivity contribution in [2.24, 2.45) is 0 Å². The molecule has 8 nitrogen and oxygen atoms in total. The van der Waals surface area contributed by atoms with Gasteiger partial charge in [-0.2, -0.15) is 0 Å². The minimum atomic E-state index is -0.325. The molecule has 0 aliphatic carbocycles. The molecule has 1 fully saturated rings. The highest BCUT2D eigenvalue weighted by molar-refractivity contribution is 5.72. The lowest BCUT2D eigenvalue weighted by Gasteiger charge is -2.35. The van der Waals surface area contributed by atoms with Crippen molar-refractivity contribution in [1.29, 1.82) is 0 Å². The number of benzene rings is 2. The molecule has 8 heteroatoms. The quantitative estimate of drug-likeness (QED) is 0.481. The Hall–Kier alpha value is -3.13. The van der Waals surface area contributed by atoms with Crippen molar-refractivity contribution in [3.63, 3.8) is 0 Å². The summed E-state index contributed by atoms with van der Waals surface area (Å²) in [4.78, 5) is 27.3. The van der Waals surface area contributed by atoms with Crippen molar-refractivity contribution in [2.45, 2.75) is 13.0 Å². The molecular formula is C20H22N4O4. The highest BCUT2D eigenvalue weighted by Crippen LogP contribution is 2.28. The van der Waals surface area contributed by atoms with Gasteiger partial charge in [0.15, 0.2) is 5.58 Å². The third-order valence-electron chi connectivity index (χ3n) is 5.22. The smallest absolute Gasteiger partial charge is 0.408 e. The SMILES string of the molecule is O=c1oc2ccccc2n1CCCN1CCN(c2ccccc2[N+](=O)[O-])CC1. The number of para-hydroxylation sites is 4. The van der Waals surface area contributed by atoms with E-state index in [0.29, 0.717) is 17.8 Å². The van der Waals surface area contributed by atoms with Crippen LogP contribution >= 0.6 is 0 Å². The Morgan fingerprint density at radius 1 is 0.964 bits per heavy atom. The molecule has 1 aliphatic heterocycles. The second kappa shape index (κ2) is 7.85. The maximum absolute atomic E-state index is 12.0. The van der Waals surface area contributed by atoms with E-state index >= 15 is 0 Å². The van der Waals surface area contributed by atoms with Crippen molar-refractivity contribution in [2.75, 3.05) is 37.6 Å². The van der Waals surface area contributed by atoms with E-state index in [9.17, 15) is 14.9 Å². The molecule has 0 atom stereocenters. The fourth-order valence-electron chi connectivity index (χ4n) is 3.78. The molecule has 0 saturated carbocycles. The molecule has 146 valence electrons. The van der Waals surface area contributed by atoms with Gasteiger partial charge < -0.3 is 9.32 Å². The van der Waals surface area contributed by atoms with E-state index in [1.807, 2.05) is 30.3 Å². The number of rotatable bonds is 6. The molecule has 0 amide bonds. The molecule has 0 bridgehead atoms. The molecule has 0 N–H and O–H groups in total. The maximum atomic E-state index is 12.0. The summed E-state index contributed by atoms with van der Waals surface area (Å²) in [6.07, 6.45) is 0.842. The van der Waals surface area contributed by atoms with Crippen molar-refractivity contribution < 1.29 is 9.34 Å². The molecule has 0 unspecified atom stereocenters. The number of nitro groups is 1. The molecule has 0 spiro atoms. The Morgan fingerprint density at radius 3 is 2.46 bits per heavy atom. The number of hydrogen-bond donors (Lipinski definition) is 0. The van der Waals surface area contributed by atoms with Crippen LogP contribution in [0.3, 0.4) is 0 Å². The van der Waals surface area contributed by atoms with E-state index in [0.717, 1.165) is 44.7 Å². The number of aromatic nitrogens is 1. The van der Waals surface area contributed by atoms with Crippen LogP contribution in [0.25, 0.3) is 11.1 Å². The number of anilines is 1. The average molecular weight is 382 g/mol. The predicted molar refractivity (Wildman–Crippen MR) is 107 cm³/mol. The third kappa shape index (κ3) is 3.63. The van der Waals surface area contributed by atoms with Crippen LogP contribution in [-0.4, -0.2) is 47.1 Å². The van der Waals surface area contributed by atoms with Gasteiger partial charge in [0.05, 0.1) is 10.4 Å². The summed E-state index contributed by atoms with van der Waals surface area (Å²) in [5.74, 6) is -0.317. The monoisotopic (exact) mass is 382 g/mol. The van der Waals surface area contributed by atoms with Gasteiger partial charge in [-0.05, 0) is 31.2 Å². The number of fused-ring (bicyclic) bond motifs is 1. The second-order valence-electron chi connectivity index (χ2n) is 6.92. The van der Waals surface area contributed by atoms with Crippen LogP contribution < -0.4 is 10.7 Å². The normalized spacial score (nSPS) is 15.2. The van der Waals surface area contributed by atoms with Gasteiger partial charge in [0.1, 0.15) is 5.69 Å². The van der Waals surface area contributed by atoms with Gasteiger partial charge in [0.25, 0.3) is 5.69 Å². The first-order chi connectivity index (χ1) is 13.6. The molecule has 1 saturated heterocycles. The Balaban J connectivity index is 1.32. The largest absolute Gasteiger partial charge is 0.419 e. The van der Waals surface area contributed by atoms with Crippen LogP contribution in [0.5, 0.6) is 0 Å². The predicted octanol–water partition coefficient (Wildman–Crippen LogP) is 2.72. The summed E-state index contributed by atoms with van der Waals surface area (Å²) in [5, 5.41) is 11.2. The molecular weight excluding hydrogens is 360 g/mol. The molecule has 0 radical (unpaired) electrons. The molecule has 1 aromatic heterocycles. The summed E-state index contributed by atoms with van der Waals surface area (Å²) < 4.78 is 6.95. The fourth-order valence-corrected chi connectivity index (χ4v) is 3.78. The number of nitrogens with zero attached hydrogens (tertiary/aromatic N) is 4. The average Bonchev–Trinajstić information content (AvgIpc) is 3.04. The van der Waals surface area contributed by atoms with E-state index in [2.05, 4.69) is 9.80 Å². The Labute approximate surface area is 161 Å². The van der Waals surface area contributed by atoms with Gasteiger partial charge in [0, 0.05) is 38.8 Å². The first-order valence-corrected chi connectivity index (χ1v) is 9.42. The van der Waals surface area contributed by atoms with Crippen LogP contribution in [0, 0.1) is 10.1 Å². The number of piperazine rings is 1. The van der Waals surface area contributed by atoms with Gasteiger partial charge in [-0.3, -0.25) is 19.6 Å². The number of oxazole rings is 1. The van der Waals surface area contributed by atoms with Gasteiger partial charge >= 0.3 is 5.76 Å².